The van der Waals surface area contributed by atoms with E-state index >= 15 is 0 Å². The van der Waals surface area contributed by atoms with E-state index in [0.717, 1.165) is 24.1 Å². The highest BCUT2D eigenvalue weighted by Crippen LogP contribution is 2.19. The molecule has 0 fully saturated rings. The van der Waals surface area contributed by atoms with Crippen molar-refractivity contribution in [3.63, 3.8) is 0 Å². The van der Waals surface area contributed by atoms with E-state index in [-0.39, 0.29) is 6.54 Å². The maximum atomic E-state index is 13.6. The molecule has 0 heterocycles. The number of carbonyl (C=O) groups excluding carboxylic acids is 1. The molecule has 0 aliphatic rings. The number of halogens is 3. The van der Waals surface area contributed by atoms with Crippen LogP contribution >= 0.6 is 0 Å². The maximum Gasteiger partial charge on any atom is 0.243 e. The first-order valence-corrected chi connectivity index (χ1v) is 8.78. The molecule has 1 amide bonds. The SMILES string of the molecule is CCc1ccc(CN(C)C(=NC)NCC(=O)Nc2ccc(F)c(F)c2F)cc1. The van der Waals surface area contributed by atoms with Gasteiger partial charge in [-0.2, -0.15) is 0 Å². The predicted octanol–water partition coefficient (Wildman–Crippen LogP) is 3.31. The first kappa shape index (κ1) is 21.3. The molecule has 0 unspecified atom stereocenters. The summed E-state index contributed by atoms with van der Waals surface area (Å²) in [7, 11) is 3.39. The highest BCUT2D eigenvalue weighted by atomic mass is 19.2. The molecular weight excluding hydrogens is 369 g/mol. The molecule has 2 aromatic rings. The number of aryl methyl sites for hydroxylation is 1. The van der Waals surface area contributed by atoms with Crippen molar-refractivity contribution < 1.29 is 18.0 Å². The van der Waals surface area contributed by atoms with Gasteiger partial charge in [0.2, 0.25) is 5.91 Å². The van der Waals surface area contributed by atoms with Gasteiger partial charge in [-0.1, -0.05) is 31.2 Å². The zero-order valence-electron chi connectivity index (χ0n) is 16.0. The zero-order chi connectivity index (χ0) is 20.7. The molecule has 2 aromatic carbocycles. The first-order chi connectivity index (χ1) is 13.3. The van der Waals surface area contributed by atoms with Gasteiger partial charge in [0, 0.05) is 20.6 Å². The number of hydrogen-bond acceptors (Lipinski definition) is 2. The molecular formula is C20H23F3N4O. The van der Waals surface area contributed by atoms with E-state index in [1.54, 1.807) is 7.05 Å². The second kappa shape index (κ2) is 9.77. The molecule has 5 nitrogen and oxygen atoms in total. The molecule has 0 saturated heterocycles. The lowest BCUT2D eigenvalue weighted by Crippen LogP contribution is -2.42. The average molecular weight is 392 g/mol. The molecule has 0 aliphatic carbocycles. The highest BCUT2D eigenvalue weighted by Gasteiger charge is 2.16. The molecule has 8 heteroatoms. The summed E-state index contributed by atoms with van der Waals surface area (Å²) in [6, 6.07) is 9.89. The summed E-state index contributed by atoms with van der Waals surface area (Å²) in [5, 5.41) is 5.05. The van der Waals surface area contributed by atoms with Crippen LogP contribution in [0.25, 0.3) is 0 Å². The molecule has 0 bridgehead atoms. The maximum absolute atomic E-state index is 13.6. The van der Waals surface area contributed by atoms with Gasteiger partial charge in [0.15, 0.2) is 23.4 Å². The lowest BCUT2D eigenvalue weighted by molar-refractivity contribution is -0.115. The summed E-state index contributed by atoms with van der Waals surface area (Å²) in [5.41, 5.74) is 1.90. The van der Waals surface area contributed by atoms with Crippen LogP contribution in [-0.4, -0.2) is 37.4 Å². The van der Waals surface area contributed by atoms with Crippen molar-refractivity contribution in [1.29, 1.82) is 0 Å². The van der Waals surface area contributed by atoms with Gasteiger partial charge in [0.25, 0.3) is 0 Å². The van der Waals surface area contributed by atoms with Gasteiger partial charge in [-0.25, -0.2) is 13.2 Å². The first-order valence-electron chi connectivity index (χ1n) is 8.78. The Morgan fingerprint density at radius 1 is 1.04 bits per heavy atom. The van der Waals surface area contributed by atoms with Gasteiger partial charge in [-0.15, -0.1) is 0 Å². The largest absolute Gasteiger partial charge is 0.347 e. The lowest BCUT2D eigenvalue weighted by Gasteiger charge is -2.22. The predicted molar refractivity (Wildman–Crippen MR) is 104 cm³/mol. The van der Waals surface area contributed by atoms with Crippen molar-refractivity contribution in [2.75, 3.05) is 26.0 Å². The fourth-order valence-corrected chi connectivity index (χ4v) is 2.59. The Kier molecular flexibility index (Phi) is 7.43. The van der Waals surface area contributed by atoms with Crippen molar-refractivity contribution in [1.82, 2.24) is 10.2 Å². The summed E-state index contributed by atoms with van der Waals surface area (Å²) in [6.45, 7) is 2.44. The molecule has 0 saturated carbocycles. The third-order valence-corrected chi connectivity index (χ3v) is 4.14. The minimum atomic E-state index is -1.63. The van der Waals surface area contributed by atoms with E-state index in [4.69, 9.17) is 0 Å². The Balaban J connectivity index is 1.91. The number of nitrogens with one attached hydrogen (secondary N) is 2. The van der Waals surface area contributed by atoms with Gasteiger partial charge >= 0.3 is 0 Å². The van der Waals surface area contributed by atoms with Gasteiger partial charge in [-0.3, -0.25) is 9.79 Å². The summed E-state index contributed by atoms with van der Waals surface area (Å²) in [5.74, 6) is -4.55. The van der Waals surface area contributed by atoms with E-state index in [2.05, 4.69) is 34.7 Å². The van der Waals surface area contributed by atoms with Crippen molar-refractivity contribution in [3.8, 4) is 0 Å². The summed E-state index contributed by atoms with van der Waals surface area (Å²) in [4.78, 5) is 17.9. The van der Waals surface area contributed by atoms with Crippen LogP contribution in [0, 0.1) is 17.5 Å². The fourth-order valence-electron chi connectivity index (χ4n) is 2.59. The Morgan fingerprint density at radius 2 is 1.68 bits per heavy atom. The van der Waals surface area contributed by atoms with Gasteiger partial charge in [0.1, 0.15) is 0 Å². The smallest absolute Gasteiger partial charge is 0.243 e. The number of aliphatic imine (C=N–C) groups is 1. The van der Waals surface area contributed by atoms with Crippen LogP contribution in [0.5, 0.6) is 0 Å². The van der Waals surface area contributed by atoms with E-state index in [1.165, 1.54) is 5.56 Å². The van der Waals surface area contributed by atoms with Crippen LogP contribution in [0.15, 0.2) is 41.4 Å². The van der Waals surface area contributed by atoms with Crippen LogP contribution < -0.4 is 10.6 Å². The topological polar surface area (TPSA) is 56.7 Å². The van der Waals surface area contributed by atoms with Crippen molar-refractivity contribution >= 4 is 17.6 Å². The fraction of sp³-hybridized carbons (Fsp3) is 0.300. The van der Waals surface area contributed by atoms with E-state index < -0.39 is 29.0 Å². The van der Waals surface area contributed by atoms with E-state index in [0.29, 0.717) is 12.5 Å². The lowest BCUT2D eigenvalue weighted by atomic mass is 10.1. The highest BCUT2D eigenvalue weighted by molar-refractivity contribution is 5.95. The van der Waals surface area contributed by atoms with Crippen molar-refractivity contribution in [2.24, 2.45) is 4.99 Å². The van der Waals surface area contributed by atoms with Crippen LogP contribution in [0.2, 0.25) is 0 Å². The average Bonchev–Trinajstić information content (AvgIpc) is 2.69. The molecule has 2 N–H and O–H groups in total. The number of anilines is 1. The molecule has 0 aliphatic heterocycles. The molecule has 0 atom stereocenters. The standard InChI is InChI=1S/C20H23F3N4O/c1-4-13-5-7-14(8-6-13)12-27(3)20(24-2)25-11-17(28)26-16-10-9-15(21)18(22)19(16)23/h5-10H,4,11-12H2,1-3H3,(H,24,25)(H,26,28). The molecule has 0 spiro atoms. The van der Waals surface area contributed by atoms with Crippen LogP contribution in [-0.2, 0) is 17.8 Å². The Hall–Kier alpha value is -3.03. The summed E-state index contributed by atoms with van der Waals surface area (Å²) >= 11 is 0. The third kappa shape index (κ3) is 5.48. The molecule has 150 valence electrons. The Morgan fingerprint density at radius 3 is 2.29 bits per heavy atom. The molecule has 28 heavy (non-hydrogen) atoms. The summed E-state index contributed by atoms with van der Waals surface area (Å²) < 4.78 is 39.8. The van der Waals surface area contributed by atoms with E-state index in [9.17, 15) is 18.0 Å². The minimum absolute atomic E-state index is 0.218. The second-order valence-electron chi connectivity index (χ2n) is 6.20. The Bertz CT molecular complexity index is 853. The van der Waals surface area contributed by atoms with Gasteiger partial charge in [0.05, 0.1) is 12.2 Å². The number of rotatable bonds is 6. The molecule has 2 rings (SSSR count). The van der Waals surface area contributed by atoms with Crippen LogP contribution in [0.4, 0.5) is 18.9 Å². The van der Waals surface area contributed by atoms with Crippen molar-refractivity contribution in [2.45, 2.75) is 19.9 Å². The third-order valence-electron chi connectivity index (χ3n) is 4.14. The van der Waals surface area contributed by atoms with Gasteiger partial charge < -0.3 is 15.5 Å². The number of amides is 1. The monoisotopic (exact) mass is 392 g/mol. The number of carbonyl (C=O) groups is 1. The van der Waals surface area contributed by atoms with Crippen LogP contribution in [0.3, 0.4) is 0 Å². The van der Waals surface area contributed by atoms with E-state index in [1.807, 2.05) is 24.1 Å². The summed E-state index contributed by atoms with van der Waals surface area (Å²) in [6.07, 6.45) is 0.965. The van der Waals surface area contributed by atoms with Gasteiger partial charge in [-0.05, 0) is 29.7 Å². The normalized spacial score (nSPS) is 11.3. The minimum Gasteiger partial charge on any atom is -0.347 e. The zero-order valence-corrected chi connectivity index (χ0v) is 16.0. The quantitative estimate of drug-likeness (QED) is 0.451. The molecule has 0 aromatic heterocycles. The molecule has 0 radical (unpaired) electrons. The number of guanidine groups is 1. The van der Waals surface area contributed by atoms with Crippen LogP contribution in [0.1, 0.15) is 18.1 Å². The number of benzene rings is 2. The number of hydrogen-bond donors (Lipinski definition) is 2. The second-order valence-corrected chi connectivity index (χ2v) is 6.20. The number of nitrogens with zero attached hydrogens (tertiary/aromatic N) is 2. The Labute approximate surface area is 162 Å². The van der Waals surface area contributed by atoms with Crippen molar-refractivity contribution in [3.05, 3.63) is 65.0 Å².